The number of aryl methyl sites for hydroxylation is 2. The van der Waals surface area contributed by atoms with E-state index in [-0.39, 0.29) is 5.75 Å². The predicted molar refractivity (Wildman–Crippen MR) is 104 cm³/mol. The molecule has 138 valence electrons. The summed E-state index contributed by atoms with van der Waals surface area (Å²) < 4.78 is 5.94. The molecule has 2 N–H and O–H groups in total. The first-order valence-corrected chi connectivity index (χ1v) is 8.93. The van der Waals surface area contributed by atoms with Crippen molar-refractivity contribution in [2.75, 3.05) is 0 Å². The summed E-state index contributed by atoms with van der Waals surface area (Å²) in [5.41, 5.74) is 3.15. The topological polar surface area (TPSA) is 66.8 Å². The number of ether oxygens (including phenoxy) is 1. The lowest BCUT2D eigenvalue weighted by atomic mass is 9.99. The molecule has 0 saturated heterocycles. The standard InChI is InChI=1S/C23H22O4/c24-20-13-14-22(27-16-17-7-2-1-3-8-17)19(15-20)11-6-10-18-9-4-5-12-21(18)23(25)26/h1-5,7-9,12-15,24H,6,10-11,16H2,(H,25,26). The fraction of sp³-hybridized carbons (Fsp3) is 0.174. The first kappa shape index (κ1) is 18.5. The van der Waals surface area contributed by atoms with Crippen LogP contribution >= 0.6 is 0 Å². The van der Waals surface area contributed by atoms with Crippen LogP contribution in [0.15, 0.2) is 72.8 Å². The summed E-state index contributed by atoms with van der Waals surface area (Å²) in [7, 11) is 0. The van der Waals surface area contributed by atoms with Crippen molar-refractivity contribution in [3.05, 3.63) is 95.1 Å². The molecule has 27 heavy (non-hydrogen) atoms. The fourth-order valence-corrected chi connectivity index (χ4v) is 3.05. The van der Waals surface area contributed by atoms with E-state index in [1.165, 1.54) is 0 Å². The Hall–Kier alpha value is -3.27. The summed E-state index contributed by atoms with van der Waals surface area (Å²) in [5.74, 6) is 0.0287. The third-order valence-corrected chi connectivity index (χ3v) is 4.42. The number of rotatable bonds is 8. The lowest BCUT2D eigenvalue weighted by Gasteiger charge is -2.13. The van der Waals surface area contributed by atoms with E-state index in [9.17, 15) is 15.0 Å². The van der Waals surface area contributed by atoms with Crippen molar-refractivity contribution >= 4 is 5.97 Å². The van der Waals surface area contributed by atoms with Crippen LogP contribution < -0.4 is 4.74 Å². The van der Waals surface area contributed by atoms with Gasteiger partial charge in [-0.2, -0.15) is 0 Å². The number of benzene rings is 3. The van der Waals surface area contributed by atoms with Crippen LogP contribution in [0.2, 0.25) is 0 Å². The maximum Gasteiger partial charge on any atom is 0.335 e. The summed E-state index contributed by atoms with van der Waals surface area (Å²) in [6.07, 6.45) is 2.10. The highest BCUT2D eigenvalue weighted by molar-refractivity contribution is 5.89. The molecule has 0 radical (unpaired) electrons. The zero-order valence-corrected chi connectivity index (χ0v) is 15.0. The average Bonchev–Trinajstić information content (AvgIpc) is 2.68. The van der Waals surface area contributed by atoms with E-state index in [2.05, 4.69) is 0 Å². The Labute approximate surface area is 158 Å². The van der Waals surface area contributed by atoms with Crippen LogP contribution in [0.3, 0.4) is 0 Å². The molecule has 4 nitrogen and oxygen atoms in total. The first-order valence-electron chi connectivity index (χ1n) is 8.93. The van der Waals surface area contributed by atoms with E-state index in [4.69, 9.17) is 4.74 Å². The Morgan fingerprint density at radius 2 is 1.56 bits per heavy atom. The zero-order chi connectivity index (χ0) is 19.1. The molecule has 0 heterocycles. The fourth-order valence-electron chi connectivity index (χ4n) is 3.05. The summed E-state index contributed by atoms with van der Waals surface area (Å²) in [6.45, 7) is 0.459. The maximum absolute atomic E-state index is 11.3. The van der Waals surface area contributed by atoms with Crippen LogP contribution in [0.5, 0.6) is 11.5 Å². The lowest BCUT2D eigenvalue weighted by molar-refractivity contribution is 0.0695. The highest BCUT2D eigenvalue weighted by atomic mass is 16.5. The molecule has 3 aromatic carbocycles. The average molecular weight is 362 g/mol. The number of carboxylic acid groups (broad SMARTS) is 1. The van der Waals surface area contributed by atoms with Gasteiger partial charge in [0.15, 0.2) is 0 Å². The second kappa shape index (κ2) is 8.90. The van der Waals surface area contributed by atoms with Crippen molar-refractivity contribution in [1.29, 1.82) is 0 Å². The molecule has 0 saturated carbocycles. The Kier molecular flexibility index (Phi) is 6.10. The molecule has 0 spiro atoms. The van der Waals surface area contributed by atoms with Crippen LogP contribution in [0.4, 0.5) is 0 Å². The van der Waals surface area contributed by atoms with E-state index in [0.717, 1.165) is 28.9 Å². The minimum Gasteiger partial charge on any atom is -0.508 e. The van der Waals surface area contributed by atoms with Gasteiger partial charge >= 0.3 is 5.97 Å². The number of phenolic OH excluding ortho intramolecular Hbond substituents is 1. The van der Waals surface area contributed by atoms with Gasteiger partial charge in [0.05, 0.1) is 5.56 Å². The largest absolute Gasteiger partial charge is 0.508 e. The van der Waals surface area contributed by atoms with Crippen molar-refractivity contribution in [3.8, 4) is 11.5 Å². The molecule has 4 heteroatoms. The van der Waals surface area contributed by atoms with Gasteiger partial charge in [-0.15, -0.1) is 0 Å². The Bertz CT molecular complexity index is 903. The van der Waals surface area contributed by atoms with Crippen molar-refractivity contribution in [2.24, 2.45) is 0 Å². The lowest BCUT2D eigenvalue weighted by Crippen LogP contribution is -2.03. The van der Waals surface area contributed by atoms with Crippen LogP contribution in [0.1, 0.15) is 33.5 Å². The van der Waals surface area contributed by atoms with E-state index in [1.807, 2.05) is 42.5 Å². The second-order valence-electron chi connectivity index (χ2n) is 6.38. The molecule has 3 rings (SSSR count). The molecule has 0 amide bonds. The Morgan fingerprint density at radius 1 is 0.852 bits per heavy atom. The monoisotopic (exact) mass is 362 g/mol. The van der Waals surface area contributed by atoms with Gasteiger partial charge in [0, 0.05) is 0 Å². The molecule has 0 aliphatic heterocycles. The van der Waals surface area contributed by atoms with Gasteiger partial charge in [-0.1, -0.05) is 48.5 Å². The van der Waals surface area contributed by atoms with Crippen molar-refractivity contribution < 1.29 is 19.7 Å². The zero-order valence-electron chi connectivity index (χ0n) is 15.0. The van der Waals surface area contributed by atoms with E-state index in [1.54, 1.807) is 30.3 Å². The second-order valence-corrected chi connectivity index (χ2v) is 6.38. The number of hydrogen-bond acceptors (Lipinski definition) is 3. The molecule has 0 aromatic heterocycles. The summed E-state index contributed by atoms with van der Waals surface area (Å²) in [6, 6.07) is 22.1. The van der Waals surface area contributed by atoms with Gasteiger partial charge in [-0.05, 0) is 60.2 Å². The summed E-state index contributed by atoms with van der Waals surface area (Å²) in [5, 5.41) is 19.1. The van der Waals surface area contributed by atoms with Crippen LogP contribution in [-0.4, -0.2) is 16.2 Å². The van der Waals surface area contributed by atoms with Crippen LogP contribution in [0.25, 0.3) is 0 Å². The summed E-state index contributed by atoms with van der Waals surface area (Å²) in [4.78, 5) is 11.3. The molecule has 0 bridgehead atoms. The first-order chi connectivity index (χ1) is 13.1. The number of carboxylic acids is 1. The molecule has 0 atom stereocenters. The molecular weight excluding hydrogens is 340 g/mol. The van der Waals surface area contributed by atoms with Crippen LogP contribution in [0, 0.1) is 0 Å². The van der Waals surface area contributed by atoms with Gasteiger partial charge in [0.25, 0.3) is 0 Å². The van der Waals surface area contributed by atoms with Crippen molar-refractivity contribution in [3.63, 3.8) is 0 Å². The van der Waals surface area contributed by atoms with Gasteiger partial charge in [-0.3, -0.25) is 0 Å². The molecule has 3 aromatic rings. The normalized spacial score (nSPS) is 10.5. The number of aromatic carboxylic acids is 1. The van der Waals surface area contributed by atoms with Gasteiger partial charge < -0.3 is 14.9 Å². The van der Waals surface area contributed by atoms with Gasteiger partial charge in [-0.25, -0.2) is 4.79 Å². The van der Waals surface area contributed by atoms with Gasteiger partial charge in [0.1, 0.15) is 18.1 Å². The highest BCUT2D eigenvalue weighted by Gasteiger charge is 2.10. The predicted octanol–water partition coefficient (Wildman–Crippen LogP) is 4.84. The Balaban J connectivity index is 1.66. The molecule has 0 aliphatic rings. The highest BCUT2D eigenvalue weighted by Crippen LogP contribution is 2.26. The SMILES string of the molecule is O=C(O)c1ccccc1CCCc1cc(O)ccc1OCc1ccccc1. The van der Waals surface area contributed by atoms with Crippen LogP contribution in [-0.2, 0) is 19.4 Å². The smallest absolute Gasteiger partial charge is 0.335 e. The van der Waals surface area contributed by atoms with Crippen molar-refractivity contribution in [2.45, 2.75) is 25.9 Å². The molecular formula is C23H22O4. The number of hydrogen-bond donors (Lipinski definition) is 2. The molecule has 0 aliphatic carbocycles. The van der Waals surface area contributed by atoms with E-state index < -0.39 is 5.97 Å². The number of phenols is 1. The minimum absolute atomic E-state index is 0.197. The maximum atomic E-state index is 11.3. The molecule has 0 fully saturated rings. The number of carbonyl (C=O) groups is 1. The third kappa shape index (κ3) is 5.11. The van der Waals surface area contributed by atoms with E-state index in [0.29, 0.717) is 25.0 Å². The number of aromatic hydroxyl groups is 1. The Morgan fingerprint density at radius 3 is 2.33 bits per heavy atom. The third-order valence-electron chi connectivity index (χ3n) is 4.42. The molecule has 0 unspecified atom stereocenters. The minimum atomic E-state index is -0.908. The summed E-state index contributed by atoms with van der Waals surface area (Å²) >= 11 is 0. The van der Waals surface area contributed by atoms with Crippen molar-refractivity contribution in [1.82, 2.24) is 0 Å². The van der Waals surface area contributed by atoms with E-state index >= 15 is 0 Å². The quantitative estimate of drug-likeness (QED) is 0.601. The van der Waals surface area contributed by atoms with Gasteiger partial charge in [0.2, 0.25) is 0 Å².